The van der Waals surface area contributed by atoms with Gasteiger partial charge in [-0.1, -0.05) is 0 Å². The summed E-state index contributed by atoms with van der Waals surface area (Å²) in [5, 5.41) is 11.0. The monoisotopic (exact) mass is 271 g/mol. The van der Waals surface area contributed by atoms with E-state index in [1.807, 2.05) is 19.2 Å². The van der Waals surface area contributed by atoms with Crippen LogP contribution in [0.2, 0.25) is 0 Å². The van der Waals surface area contributed by atoms with Crippen LogP contribution in [0.15, 0.2) is 5.38 Å². The number of carbonyl (C=O) groups excluding carboxylic acids is 2. The lowest BCUT2D eigenvalue weighted by molar-refractivity contribution is -0.143. The summed E-state index contributed by atoms with van der Waals surface area (Å²) in [4.78, 5) is 25.7. The summed E-state index contributed by atoms with van der Waals surface area (Å²) in [5.74, 6) is -1.03. The molecule has 0 bridgehead atoms. The molecule has 1 heterocycles. The van der Waals surface area contributed by atoms with E-state index in [1.54, 1.807) is 6.92 Å². The van der Waals surface area contributed by atoms with E-state index in [2.05, 4.69) is 4.74 Å². The van der Waals surface area contributed by atoms with Crippen molar-refractivity contribution in [3.63, 3.8) is 0 Å². The molecule has 0 saturated carbocycles. The lowest BCUT2D eigenvalue weighted by Crippen LogP contribution is -2.45. The molecular weight excluding hydrogens is 254 g/mol. The van der Waals surface area contributed by atoms with Gasteiger partial charge in [-0.25, -0.2) is 4.79 Å². The first-order chi connectivity index (χ1) is 8.43. The quantitative estimate of drug-likeness (QED) is 0.837. The van der Waals surface area contributed by atoms with Gasteiger partial charge in [-0.3, -0.25) is 9.69 Å². The van der Waals surface area contributed by atoms with Crippen molar-refractivity contribution < 1.29 is 19.4 Å². The summed E-state index contributed by atoms with van der Waals surface area (Å²) in [5.41, 5.74) is 1.58. The normalized spacial score (nSPS) is 12.1. The fourth-order valence-corrected chi connectivity index (χ4v) is 2.65. The van der Waals surface area contributed by atoms with Crippen LogP contribution in [-0.4, -0.2) is 36.7 Å². The molecule has 1 N–H and O–H groups in total. The zero-order chi connectivity index (χ0) is 13.9. The van der Waals surface area contributed by atoms with Crippen LogP contribution in [0, 0.1) is 13.8 Å². The van der Waals surface area contributed by atoms with E-state index in [4.69, 9.17) is 5.11 Å². The Morgan fingerprint density at radius 3 is 2.50 bits per heavy atom. The first-order valence-corrected chi connectivity index (χ1v) is 6.37. The second-order valence-corrected chi connectivity index (χ2v) is 5.03. The van der Waals surface area contributed by atoms with Crippen LogP contribution in [0.25, 0.3) is 0 Å². The number of esters is 1. The van der Waals surface area contributed by atoms with E-state index in [1.165, 1.54) is 23.3 Å². The number of nitrogens with zero attached hydrogens (tertiary/aromatic N) is 1. The van der Waals surface area contributed by atoms with Gasteiger partial charge in [0.05, 0.1) is 12.8 Å². The van der Waals surface area contributed by atoms with Crippen molar-refractivity contribution in [2.45, 2.75) is 26.8 Å². The van der Waals surface area contributed by atoms with Crippen molar-refractivity contribution in [2.75, 3.05) is 18.6 Å². The SMILES string of the molecule is COC(=O)C(C)N(C(=O)CO)c1c(C)csc1C. The topological polar surface area (TPSA) is 66.8 Å². The minimum absolute atomic E-state index is 0.512. The number of ether oxygens (including phenoxy) is 1. The fraction of sp³-hybridized carbons (Fsp3) is 0.500. The van der Waals surface area contributed by atoms with Gasteiger partial charge < -0.3 is 9.84 Å². The average molecular weight is 271 g/mol. The molecule has 0 saturated heterocycles. The highest BCUT2D eigenvalue weighted by molar-refractivity contribution is 7.10. The molecule has 5 nitrogen and oxygen atoms in total. The second kappa shape index (κ2) is 5.97. The Bertz CT molecular complexity index is 435. The number of hydrogen-bond acceptors (Lipinski definition) is 5. The van der Waals surface area contributed by atoms with E-state index in [0.717, 1.165) is 10.4 Å². The van der Waals surface area contributed by atoms with Gasteiger partial charge in [-0.15, -0.1) is 11.3 Å². The summed E-state index contributed by atoms with van der Waals surface area (Å²) in [7, 11) is 1.27. The van der Waals surface area contributed by atoms with E-state index in [-0.39, 0.29) is 0 Å². The highest BCUT2D eigenvalue weighted by atomic mass is 32.1. The van der Waals surface area contributed by atoms with Crippen molar-refractivity contribution in [3.8, 4) is 0 Å². The maximum Gasteiger partial charge on any atom is 0.328 e. The van der Waals surface area contributed by atoms with Gasteiger partial charge in [-0.2, -0.15) is 0 Å². The van der Waals surface area contributed by atoms with E-state index in [9.17, 15) is 9.59 Å². The molecule has 6 heteroatoms. The summed E-state index contributed by atoms with van der Waals surface area (Å²) in [6.45, 7) is 4.67. The number of amides is 1. The second-order valence-electron chi connectivity index (χ2n) is 3.94. The van der Waals surface area contributed by atoms with Gasteiger partial charge >= 0.3 is 5.97 Å². The molecule has 1 amide bonds. The summed E-state index contributed by atoms with van der Waals surface area (Å²) in [6.07, 6.45) is 0. The minimum atomic E-state index is -0.762. The lowest BCUT2D eigenvalue weighted by Gasteiger charge is -2.27. The van der Waals surface area contributed by atoms with Crippen molar-refractivity contribution in [2.24, 2.45) is 0 Å². The molecule has 1 atom stereocenters. The summed E-state index contributed by atoms with van der Waals surface area (Å²) < 4.78 is 4.65. The van der Waals surface area contributed by atoms with Crippen LogP contribution >= 0.6 is 11.3 Å². The Hall–Kier alpha value is -1.40. The molecule has 0 radical (unpaired) electrons. The molecule has 0 aromatic carbocycles. The van der Waals surface area contributed by atoms with Crippen molar-refractivity contribution in [1.29, 1.82) is 0 Å². The predicted molar refractivity (Wildman–Crippen MR) is 69.8 cm³/mol. The Labute approximate surface area is 110 Å². The Morgan fingerprint density at radius 1 is 1.50 bits per heavy atom. The van der Waals surface area contributed by atoms with E-state index in [0.29, 0.717) is 5.69 Å². The van der Waals surface area contributed by atoms with Crippen LogP contribution in [-0.2, 0) is 14.3 Å². The van der Waals surface area contributed by atoms with Crippen LogP contribution < -0.4 is 4.90 Å². The van der Waals surface area contributed by atoms with Crippen molar-refractivity contribution >= 4 is 28.9 Å². The molecule has 100 valence electrons. The predicted octanol–water partition coefficient (Wildman–Crippen LogP) is 1.25. The van der Waals surface area contributed by atoms with Gasteiger partial charge in [0.2, 0.25) is 0 Å². The number of carbonyl (C=O) groups is 2. The number of aliphatic hydroxyl groups excluding tert-OH is 1. The van der Waals surface area contributed by atoms with Crippen LogP contribution in [0.5, 0.6) is 0 Å². The molecule has 1 unspecified atom stereocenters. The third kappa shape index (κ3) is 2.70. The molecule has 0 aliphatic heterocycles. The van der Waals surface area contributed by atoms with Crippen molar-refractivity contribution in [1.82, 2.24) is 0 Å². The van der Waals surface area contributed by atoms with Gasteiger partial charge in [0.25, 0.3) is 5.91 Å². The summed E-state index contributed by atoms with van der Waals surface area (Å²) >= 11 is 1.50. The molecule has 1 aromatic heterocycles. The van der Waals surface area contributed by atoms with Crippen LogP contribution in [0.1, 0.15) is 17.4 Å². The largest absolute Gasteiger partial charge is 0.467 e. The molecule has 18 heavy (non-hydrogen) atoms. The highest BCUT2D eigenvalue weighted by Crippen LogP contribution is 2.32. The minimum Gasteiger partial charge on any atom is -0.467 e. The number of rotatable bonds is 4. The lowest BCUT2D eigenvalue weighted by atomic mass is 10.2. The third-order valence-corrected chi connectivity index (χ3v) is 3.71. The molecule has 0 fully saturated rings. The molecule has 1 aromatic rings. The Morgan fingerprint density at radius 2 is 2.11 bits per heavy atom. The fourth-order valence-electron chi connectivity index (χ4n) is 1.81. The molecule has 0 spiro atoms. The van der Waals surface area contributed by atoms with Gasteiger partial charge in [-0.05, 0) is 31.7 Å². The zero-order valence-electron chi connectivity index (χ0n) is 10.9. The highest BCUT2D eigenvalue weighted by Gasteiger charge is 2.30. The van der Waals surface area contributed by atoms with Crippen LogP contribution in [0.4, 0.5) is 5.69 Å². The standard InChI is InChI=1S/C12H17NO4S/c1-7-6-18-9(3)11(7)13(10(15)5-14)8(2)12(16)17-4/h6,8,14H,5H2,1-4H3. The van der Waals surface area contributed by atoms with Crippen LogP contribution in [0.3, 0.4) is 0 Å². The van der Waals surface area contributed by atoms with Gasteiger partial charge in [0, 0.05) is 4.88 Å². The zero-order valence-corrected chi connectivity index (χ0v) is 11.7. The number of aliphatic hydroxyl groups is 1. The first kappa shape index (κ1) is 14.7. The summed E-state index contributed by atoms with van der Waals surface area (Å²) in [6, 6.07) is -0.762. The van der Waals surface area contributed by atoms with Gasteiger partial charge in [0.1, 0.15) is 12.6 Å². The Balaban J connectivity index is 3.22. The smallest absolute Gasteiger partial charge is 0.328 e. The van der Waals surface area contributed by atoms with Crippen molar-refractivity contribution in [3.05, 3.63) is 15.8 Å². The maximum atomic E-state index is 11.8. The first-order valence-electron chi connectivity index (χ1n) is 5.49. The average Bonchev–Trinajstić information content (AvgIpc) is 2.69. The third-order valence-electron chi connectivity index (χ3n) is 2.69. The number of thiophene rings is 1. The number of hydrogen-bond donors (Lipinski definition) is 1. The van der Waals surface area contributed by atoms with E-state index < -0.39 is 24.5 Å². The Kier molecular flexibility index (Phi) is 4.86. The number of methoxy groups -OCH3 is 1. The number of aryl methyl sites for hydroxylation is 2. The molecule has 0 aliphatic rings. The molecule has 1 rings (SSSR count). The molecule has 0 aliphatic carbocycles. The van der Waals surface area contributed by atoms with Gasteiger partial charge in [0.15, 0.2) is 0 Å². The molecular formula is C12H17NO4S. The maximum absolute atomic E-state index is 11.8. The van der Waals surface area contributed by atoms with E-state index >= 15 is 0 Å². The number of anilines is 1.